The number of imidazole rings is 1. The summed E-state index contributed by atoms with van der Waals surface area (Å²) in [6.07, 6.45) is 0. The van der Waals surface area contributed by atoms with Crippen LogP contribution in [-0.2, 0) is 12.1 Å². The molecule has 1 aromatic heterocycles. The van der Waals surface area contributed by atoms with Gasteiger partial charge in [0.25, 0.3) is 0 Å². The lowest BCUT2D eigenvalue weighted by Crippen LogP contribution is -2.68. The number of aromatic nitrogens is 2. The molecule has 0 bridgehead atoms. The molecule has 4 rings (SSSR count). The van der Waals surface area contributed by atoms with Crippen molar-refractivity contribution in [3.8, 4) is 0 Å². The van der Waals surface area contributed by atoms with Gasteiger partial charge >= 0.3 is 5.16 Å². The van der Waals surface area contributed by atoms with Crippen LogP contribution in [0, 0.1) is 10.2 Å². The Balaban J connectivity index is 0.000000376. The number of fused-ring (bicyclic) bond motifs is 3. The lowest BCUT2D eigenvalue weighted by atomic mass is 10.1. The van der Waals surface area contributed by atoms with Gasteiger partial charge in [-0.15, -0.1) is 10.2 Å². The highest BCUT2D eigenvalue weighted by atomic mass is 127. The minimum atomic E-state index is -4.94. The second kappa shape index (κ2) is 8.24. The Labute approximate surface area is 177 Å². The quantitative estimate of drug-likeness (QED) is 0.263. The summed E-state index contributed by atoms with van der Waals surface area (Å²) in [6, 6.07) is 19.6. The third-order valence-corrected chi connectivity index (χ3v) is 7.43. The van der Waals surface area contributed by atoms with E-state index in [9.17, 15) is 0 Å². The molecule has 0 N–H and O–H groups in total. The molecule has 6 nitrogen and oxygen atoms in total. The van der Waals surface area contributed by atoms with E-state index >= 15 is 0 Å². The molecule has 1 aliphatic heterocycles. The van der Waals surface area contributed by atoms with E-state index in [-0.39, 0.29) is 5.54 Å². The summed E-state index contributed by atoms with van der Waals surface area (Å²) in [6.45, 7) is 3.32. The summed E-state index contributed by atoms with van der Waals surface area (Å²) in [7, 11) is -4.94. The molecule has 1 atom stereocenters. The van der Waals surface area contributed by atoms with Crippen molar-refractivity contribution < 1.29 is 33.4 Å². The Morgan fingerprint density at radius 3 is 2.30 bits per heavy atom. The zero-order chi connectivity index (χ0) is 19.7. The molecule has 2 heterocycles. The summed E-state index contributed by atoms with van der Waals surface area (Å²) in [5.74, 6) is 1.16. The van der Waals surface area contributed by atoms with E-state index in [0.29, 0.717) is 0 Å². The number of para-hydroxylation sites is 2. The second-order valence-electron chi connectivity index (χ2n) is 6.48. The molecule has 144 valence electrons. The van der Waals surface area contributed by atoms with Crippen molar-refractivity contribution in [3.63, 3.8) is 0 Å². The van der Waals surface area contributed by atoms with Crippen molar-refractivity contribution >= 4 is 45.4 Å². The van der Waals surface area contributed by atoms with Crippen LogP contribution in [0.5, 0.6) is 0 Å². The molecular formula is C18H18ClIN2O4S. The largest absolute Gasteiger partial charge is 0.319 e. The van der Waals surface area contributed by atoms with Gasteiger partial charge in [0.1, 0.15) is 12.1 Å². The maximum atomic E-state index is 8.49. The van der Waals surface area contributed by atoms with Gasteiger partial charge in [0.15, 0.2) is 11.0 Å². The highest BCUT2D eigenvalue weighted by molar-refractivity contribution is 14.1. The van der Waals surface area contributed by atoms with Gasteiger partial charge < -0.3 is 0 Å². The Hall–Kier alpha value is -0.880. The fourth-order valence-corrected chi connectivity index (χ4v) is 5.59. The van der Waals surface area contributed by atoms with Gasteiger partial charge in [0.2, 0.25) is 0 Å². The van der Waals surface area contributed by atoms with Gasteiger partial charge in [0.05, 0.1) is 0 Å². The molecule has 1 unspecified atom stereocenters. The molecule has 0 spiro atoms. The first-order chi connectivity index (χ1) is 12.7. The molecule has 0 fully saturated rings. The maximum absolute atomic E-state index is 8.49. The van der Waals surface area contributed by atoms with Gasteiger partial charge in [0, 0.05) is 10.2 Å². The van der Waals surface area contributed by atoms with E-state index in [2.05, 4.69) is 93.2 Å². The molecule has 0 radical (unpaired) electrons. The number of thioether (sulfide) groups is 1. The monoisotopic (exact) mass is 520 g/mol. The van der Waals surface area contributed by atoms with Crippen LogP contribution in [0.15, 0.2) is 59.8 Å². The van der Waals surface area contributed by atoms with Crippen molar-refractivity contribution in [2.75, 3.05) is 10.2 Å². The third-order valence-electron chi connectivity index (χ3n) is 4.36. The first-order valence-corrected chi connectivity index (χ1v) is 11.9. The van der Waals surface area contributed by atoms with E-state index in [0.717, 1.165) is 16.7 Å². The smallest absolute Gasteiger partial charge is 0.222 e. The molecule has 27 heavy (non-hydrogen) atoms. The molecule has 2 aromatic carbocycles. The summed E-state index contributed by atoms with van der Waals surface area (Å²) >= 11 is 4.52. The Kier molecular flexibility index (Phi) is 6.36. The standard InChI is InChI=1S/C18H18IN2S.ClHO4/c1-18(12-19)13-22-17-20(11-14-7-3-2-4-8-14)15-9-5-6-10-16(15)21(17)18;2-1(3,4)5/h2-10H,11-13H2,1H3;(H,2,3,4,5)/q+1;/p-1. The van der Waals surface area contributed by atoms with Crippen LogP contribution in [0.2, 0.25) is 0 Å². The van der Waals surface area contributed by atoms with E-state index in [1.165, 1.54) is 21.8 Å². The summed E-state index contributed by atoms with van der Waals surface area (Å²) in [4.78, 5) is 0. The van der Waals surface area contributed by atoms with Gasteiger partial charge in [-0.25, -0.2) is 27.8 Å². The Morgan fingerprint density at radius 2 is 1.67 bits per heavy atom. The van der Waals surface area contributed by atoms with Crippen molar-refractivity contribution in [3.05, 3.63) is 60.2 Å². The number of hydrogen-bond donors (Lipinski definition) is 0. The number of alkyl halides is 1. The van der Waals surface area contributed by atoms with Gasteiger partial charge in [-0.1, -0.05) is 65.1 Å². The summed E-state index contributed by atoms with van der Waals surface area (Å²) < 4.78 is 40.1. The topological polar surface area (TPSA) is 101 Å². The molecule has 9 heteroatoms. The first kappa shape index (κ1) is 20.8. The van der Waals surface area contributed by atoms with Gasteiger partial charge in [-0.2, -0.15) is 0 Å². The van der Waals surface area contributed by atoms with Crippen LogP contribution in [0.1, 0.15) is 12.5 Å². The number of benzene rings is 2. The van der Waals surface area contributed by atoms with E-state index in [4.69, 9.17) is 18.6 Å². The van der Waals surface area contributed by atoms with Crippen molar-refractivity contribution in [2.24, 2.45) is 0 Å². The molecule has 0 amide bonds. The van der Waals surface area contributed by atoms with Crippen LogP contribution < -0.4 is 23.2 Å². The molecular weight excluding hydrogens is 503 g/mol. The zero-order valence-corrected chi connectivity index (χ0v) is 18.2. The average Bonchev–Trinajstić information content (AvgIpc) is 3.12. The molecule has 0 saturated carbocycles. The third kappa shape index (κ3) is 4.76. The predicted molar refractivity (Wildman–Crippen MR) is 101 cm³/mol. The predicted octanol–water partition coefficient (Wildman–Crippen LogP) is -0.523. The Morgan fingerprint density at radius 1 is 1.07 bits per heavy atom. The number of rotatable bonds is 3. The zero-order valence-electron chi connectivity index (χ0n) is 14.5. The molecule has 3 aromatic rings. The lowest BCUT2D eigenvalue weighted by molar-refractivity contribution is -2.00. The molecule has 0 aliphatic carbocycles. The van der Waals surface area contributed by atoms with E-state index in [1.807, 2.05) is 11.8 Å². The maximum Gasteiger partial charge on any atom is 0.319 e. The van der Waals surface area contributed by atoms with Crippen molar-refractivity contribution in [2.45, 2.75) is 24.2 Å². The number of halogens is 2. The fraction of sp³-hybridized carbons (Fsp3) is 0.278. The summed E-state index contributed by atoms with van der Waals surface area (Å²) in [5, 5.41) is 1.39. The summed E-state index contributed by atoms with van der Waals surface area (Å²) in [5.41, 5.74) is 4.26. The van der Waals surface area contributed by atoms with Crippen molar-refractivity contribution in [1.29, 1.82) is 0 Å². The highest BCUT2D eigenvalue weighted by Gasteiger charge is 2.44. The Bertz CT molecular complexity index is 926. The van der Waals surface area contributed by atoms with Crippen LogP contribution in [0.3, 0.4) is 0 Å². The lowest BCUT2D eigenvalue weighted by Gasteiger charge is -2.17. The molecule has 0 saturated heterocycles. The van der Waals surface area contributed by atoms with Crippen molar-refractivity contribution in [1.82, 2.24) is 4.57 Å². The van der Waals surface area contributed by atoms with E-state index in [1.54, 1.807) is 0 Å². The number of hydrogen-bond acceptors (Lipinski definition) is 5. The van der Waals surface area contributed by atoms with E-state index < -0.39 is 10.2 Å². The van der Waals surface area contributed by atoms with Crippen LogP contribution in [-0.4, -0.2) is 14.7 Å². The number of nitrogens with zero attached hydrogens (tertiary/aromatic N) is 2. The van der Waals surface area contributed by atoms with Crippen LogP contribution in [0.25, 0.3) is 11.0 Å². The van der Waals surface area contributed by atoms with Gasteiger partial charge in [-0.05, 0) is 36.4 Å². The second-order valence-corrected chi connectivity index (χ2v) is 8.94. The average molecular weight is 521 g/mol. The first-order valence-electron chi connectivity index (χ1n) is 8.11. The highest BCUT2D eigenvalue weighted by Crippen LogP contribution is 2.40. The fourth-order valence-electron chi connectivity index (χ4n) is 3.17. The normalized spacial score (nSPS) is 18.9. The minimum absolute atomic E-state index is 0.210. The van der Waals surface area contributed by atoms with Crippen LogP contribution >= 0.6 is 34.4 Å². The SMILES string of the molecule is CC1(CI)CSc2n1c1ccccc1[n+]2Cc1ccccc1.[O-][Cl+3]([O-])([O-])[O-]. The van der Waals surface area contributed by atoms with Crippen LogP contribution in [0.4, 0.5) is 0 Å². The molecule has 1 aliphatic rings. The van der Waals surface area contributed by atoms with Gasteiger partial charge in [-0.3, -0.25) is 0 Å². The minimum Gasteiger partial charge on any atom is -0.222 e.